The molecule has 1 aliphatic rings. The van der Waals surface area contributed by atoms with E-state index in [0.717, 1.165) is 35.6 Å². The summed E-state index contributed by atoms with van der Waals surface area (Å²) in [6.45, 7) is 7.98. The van der Waals surface area contributed by atoms with Gasteiger partial charge in [-0.25, -0.2) is 9.97 Å². The molecule has 1 atom stereocenters. The molecule has 2 amide bonds. The molecule has 0 unspecified atom stereocenters. The molecule has 1 aromatic heterocycles. The molecule has 1 aromatic rings. The van der Waals surface area contributed by atoms with Crippen LogP contribution in [0.5, 0.6) is 0 Å². The van der Waals surface area contributed by atoms with E-state index in [1.807, 2.05) is 20.8 Å². The maximum atomic E-state index is 12.0. The van der Waals surface area contributed by atoms with Crippen LogP contribution in [-0.4, -0.2) is 60.0 Å². The second-order valence-electron chi connectivity index (χ2n) is 6.52. The molecule has 2 heterocycles. The number of hydrogen-bond acceptors (Lipinski definition) is 5. The van der Waals surface area contributed by atoms with E-state index in [9.17, 15) is 9.59 Å². The van der Waals surface area contributed by atoms with Crippen molar-refractivity contribution in [1.82, 2.24) is 20.2 Å². The lowest BCUT2D eigenvalue weighted by Gasteiger charge is -2.17. The Morgan fingerprint density at radius 1 is 1.28 bits per heavy atom. The van der Waals surface area contributed by atoms with Crippen molar-refractivity contribution in [3.63, 3.8) is 0 Å². The van der Waals surface area contributed by atoms with Gasteiger partial charge in [0.25, 0.3) is 0 Å². The predicted molar refractivity (Wildman–Crippen MR) is 94.3 cm³/mol. The van der Waals surface area contributed by atoms with Crippen LogP contribution >= 0.6 is 0 Å². The molecule has 7 nitrogen and oxygen atoms in total. The Hall–Kier alpha value is -2.02. The Bertz CT molecular complexity index is 610. The minimum Gasteiger partial charge on any atom is -0.375 e. The number of aryl methyl sites for hydroxylation is 2. The molecule has 1 N–H and O–H groups in total. The molecule has 25 heavy (non-hydrogen) atoms. The Kier molecular flexibility index (Phi) is 6.87. The summed E-state index contributed by atoms with van der Waals surface area (Å²) in [6.07, 6.45) is 2.07. The topological polar surface area (TPSA) is 84.4 Å². The van der Waals surface area contributed by atoms with Gasteiger partial charge < -0.3 is 15.0 Å². The summed E-state index contributed by atoms with van der Waals surface area (Å²) in [4.78, 5) is 35.0. The van der Waals surface area contributed by atoms with E-state index in [0.29, 0.717) is 26.1 Å². The minimum absolute atomic E-state index is 0.00149. The van der Waals surface area contributed by atoms with Crippen LogP contribution in [0.25, 0.3) is 0 Å². The number of carbonyl (C=O) groups excluding carboxylic acids is 2. The molecule has 0 spiro atoms. The average molecular weight is 348 g/mol. The molecule has 0 saturated carbocycles. The summed E-state index contributed by atoms with van der Waals surface area (Å²) in [5.41, 5.74) is 2.58. The fourth-order valence-corrected chi connectivity index (χ4v) is 3.10. The summed E-state index contributed by atoms with van der Waals surface area (Å²) in [7, 11) is 1.52. The molecule has 0 radical (unpaired) electrons. The van der Waals surface area contributed by atoms with Crippen molar-refractivity contribution >= 4 is 11.8 Å². The summed E-state index contributed by atoms with van der Waals surface area (Å²) >= 11 is 0. The van der Waals surface area contributed by atoms with Crippen molar-refractivity contribution in [2.45, 2.75) is 46.0 Å². The number of methoxy groups -OCH3 is 1. The molecule has 1 fully saturated rings. The van der Waals surface area contributed by atoms with E-state index in [-0.39, 0.29) is 24.3 Å². The Morgan fingerprint density at radius 2 is 1.96 bits per heavy atom. The Labute approximate surface area is 149 Å². The monoisotopic (exact) mass is 348 g/mol. The van der Waals surface area contributed by atoms with Crippen molar-refractivity contribution in [1.29, 1.82) is 0 Å². The number of likely N-dealkylation sites (tertiary alicyclic amines) is 1. The van der Waals surface area contributed by atoms with Crippen molar-refractivity contribution in [2.75, 3.05) is 33.4 Å². The van der Waals surface area contributed by atoms with Crippen LogP contribution in [0.1, 0.15) is 48.5 Å². The quantitative estimate of drug-likeness (QED) is 0.798. The largest absolute Gasteiger partial charge is 0.375 e. The second-order valence-corrected chi connectivity index (χ2v) is 6.52. The van der Waals surface area contributed by atoms with Crippen LogP contribution in [-0.2, 0) is 20.7 Å². The number of rotatable bonds is 7. The highest BCUT2D eigenvalue weighted by atomic mass is 16.5. The van der Waals surface area contributed by atoms with Gasteiger partial charge >= 0.3 is 0 Å². The Morgan fingerprint density at radius 3 is 2.56 bits per heavy atom. The van der Waals surface area contributed by atoms with Gasteiger partial charge in [-0.05, 0) is 26.7 Å². The van der Waals surface area contributed by atoms with Crippen LogP contribution in [0.2, 0.25) is 0 Å². The lowest BCUT2D eigenvalue weighted by molar-refractivity contribution is -0.134. The molecule has 0 aliphatic carbocycles. The highest BCUT2D eigenvalue weighted by Crippen LogP contribution is 2.26. The zero-order chi connectivity index (χ0) is 18.4. The molecular weight excluding hydrogens is 320 g/mol. The van der Waals surface area contributed by atoms with Gasteiger partial charge in [0.05, 0.1) is 6.42 Å². The smallest absolute Gasteiger partial charge is 0.248 e. The second kappa shape index (κ2) is 8.89. The summed E-state index contributed by atoms with van der Waals surface area (Å²) in [5, 5.41) is 2.88. The van der Waals surface area contributed by atoms with Crippen LogP contribution in [0.4, 0.5) is 0 Å². The fraction of sp³-hybridized carbons (Fsp3) is 0.667. The zero-order valence-electron chi connectivity index (χ0n) is 15.6. The van der Waals surface area contributed by atoms with E-state index >= 15 is 0 Å². The third kappa shape index (κ3) is 4.98. The number of carbonyl (C=O) groups is 2. The van der Waals surface area contributed by atoms with E-state index in [2.05, 4.69) is 15.3 Å². The zero-order valence-corrected chi connectivity index (χ0v) is 15.6. The molecule has 0 aromatic carbocycles. The van der Waals surface area contributed by atoms with Gasteiger partial charge in [-0.3, -0.25) is 9.59 Å². The normalized spacial score (nSPS) is 17.0. The van der Waals surface area contributed by atoms with Crippen molar-refractivity contribution in [3.05, 3.63) is 22.8 Å². The number of amides is 2. The van der Waals surface area contributed by atoms with Gasteiger partial charge in [0.2, 0.25) is 11.8 Å². The highest BCUT2D eigenvalue weighted by Gasteiger charge is 2.29. The summed E-state index contributed by atoms with van der Waals surface area (Å²) < 4.78 is 4.92. The first-order chi connectivity index (χ1) is 12.0. The van der Waals surface area contributed by atoms with Gasteiger partial charge in [0.15, 0.2) is 0 Å². The first-order valence-corrected chi connectivity index (χ1v) is 8.83. The lowest BCUT2D eigenvalue weighted by atomic mass is 10.0. The van der Waals surface area contributed by atoms with Crippen molar-refractivity contribution in [2.24, 2.45) is 0 Å². The average Bonchev–Trinajstić information content (AvgIpc) is 3.06. The van der Waals surface area contributed by atoms with E-state index in [4.69, 9.17) is 4.74 Å². The number of nitrogens with one attached hydrogen (secondary N) is 1. The van der Waals surface area contributed by atoms with Crippen LogP contribution < -0.4 is 5.32 Å². The van der Waals surface area contributed by atoms with Crippen LogP contribution in [0.15, 0.2) is 0 Å². The molecule has 2 rings (SSSR count). The van der Waals surface area contributed by atoms with Gasteiger partial charge in [-0.2, -0.15) is 0 Å². The van der Waals surface area contributed by atoms with Gasteiger partial charge in [0, 0.05) is 49.6 Å². The lowest BCUT2D eigenvalue weighted by Crippen LogP contribution is -2.31. The fourth-order valence-electron chi connectivity index (χ4n) is 3.10. The predicted octanol–water partition coefficient (Wildman–Crippen LogP) is 1.12. The number of aromatic nitrogens is 2. The standard InChI is InChI=1S/C18H28N4O3/c1-5-7-19-16(23)9-15-12(2)20-18(21-13(15)3)14-6-8-22(10-14)17(24)11-25-4/h14H,5-11H2,1-4H3,(H,19,23)/t14-/m1/s1. The van der Waals surface area contributed by atoms with E-state index < -0.39 is 0 Å². The number of nitrogens with zero attached hydrogens (tertiary/aromatic N) is 3. The number of ether oxygens (including phenoxy) is 1. The summed E-state index contributed by atoms with van der Waals surface area (Å²) in [5.74, 6) is 0.908. The van der Waals surface area contributed by atoms with Crippen LogP contribution in [0.3, 0.4) is 0 Å². The maximum absolute atomic E-state index is 12.0. The third-order valence-electron chi connectivity index (χ3n) is 4.52. The van der Waals surface area contributed by atoms with E-state index in [1.165, 1.54) is 7.11 Å². The van der Waals surface area contributed by atoms with E-state index in [1.54, 1.807) is 4.90 Å². The molecular formula is C18H28N4O3. The molecule has 0 bridgehead atoms. The molecule has 138 valence electrons. The van der Waals surface area contributed by atoms with Crippen molar-refractivity contribution < 1.29 is 14.3 Å². The van der Waals surface area contributed by atoms with Crippen LogP contribution in [0, 0.1) is 13.8 Å². The number of hydrogen-bond donors (Lipinski definition) is 1. The summed E-state index contributed by atoms with van der Waals surface area (Å²) in [6, 6.07) is 0. The molecule has 1 aliphatic heterocycles. The Balaban J connectivity index is 2.07. The molecule has 1 saturated heterocycles. The maximum Gasteiger partial charge on any atom is 0.248 e. The highest BCUT2D eigenvalue weighted by molar-refractivity contribution is 5.79. The SMILES string of the molecule is CCCNC(=O)Cc1c(C)nc([C@@H]2CCN(C(=O)COC)C2)nc1C. The third-order valence-corrected chi connectivity index (χ3v) is 4.52. The molecule has 7 heteroatoms. The minimum atomic E-state index is 0.00149. The van der Waals surface area contributed by atoms with Gasteiger partial charge in [-0.1, -0.05) is 6.92 Å². The van der Waals surface area contributed by atoms with Gasteiger partial charge in [0.1, 0.15) is 12.4 Å². The first kappa shape index (κ1) is 19.3. The van der Waals surface area contributed by atoms with Crippen molar-refractivity contribution in [3.8, 4) is 0 Å². The first-order valence-electron chi connectivity index (χ1n) is 8.83. The van der Waals surface area contributed by atoms with Gasteiger partial charge in [-0.15, -0.1) is 0 Å².